The number of hydrogen-bond donors (Lipinski definition) is 2. The van der Waals surface area contributed by atoms with E-state index in [1.165, 1.54) is 0 Å². The molecule has 2 N–H and O–H groups in total. The van der Waals surface area contributed by atoms with Gasteiger partial charge in [0, 0.05) is 19.4 Å². The minimum atomic E-state index is 0.0150. The van der Waals surface area contributed by atoms with Crippen LogP contribution < -0.4 is 5.48 Å². The van der Waals surface area contributed by atoms with Gasteiger partial charge >= 0.3 is 0 Å². The topological polar surface area (TPSA) is 37.2 Å². The molecule has 0 bridgehead atoms. The summed E-state index contributed by atoms with van der Waals surface area (Å²) in [5.41, 5.74) is 3.27. The standard InChI is InChI=1S/C7H12N2O/c1-6(8-10)7-3-4-9(2)5-7/h3-6,8,10H,1-2H3. The Balaban J connectivity index is 2.74. The van der Waals surface area contributed by atoms with E-state index in [9.17, 15) is 0 Å². The lowest BCUT2D eigenvalue weighted by Crippen LogP contribution is -2.12. The molecule has 0 aliphatic carbocycles. The third-order valence-corrected chi connectivity index (χ3v) is 1.55. The highest BCUT2D eigenvalue weighted by atomic mass is 16.5. The number of hydrogen-bond acceptors (Lipinski definition) is 2. The van der Waals surface area contributed by atoms with E-state index in [4.69, 9.17) is 5.21 Å². The van der Waals surface area contributed by atoms with Gasteiger partial charge in [-0.05, 0) is 18.6 Å². The fourth-order valence-corrected chi connectivity index (χ4v) is 0.856. The molecule has 10 heavy (non-hydrogen) atoms. The van der Waals surface area contributed by atoms with Crippen LogP contribution in [0.2, 0.25) is 0 Å². The molecule has 1 aromatic rings. The molecule has 1 atom stereocenters. The minimum Gasteiger partial charge on any atom is -0.357 e. The maximum Gasteiger partial charge on any atom is 0.0555 e. The van der Waals surface area contributed by atoms with Crippen LogP contribution in [0.3, 0.4) is 0 Å². The number of hydroxylamine groups is 1. The lowest BCUT2D eigenvalue weighted by molar-refractivity contribution is 0.133. The van der Waals surface area contributed by atoms with Gasteiger partial charge in [0.05, 0.1) is 6.04 Å². The van der Waals surface area contributed by atoms with Crippen LogP contribution in [-0.4, -0.2) is 9.77 Å². The van der Waals surface area contributed by atoms with E-state index >= 15 is 0 Å². The van der Waals surface area contributed by atoms with Gasteiger partial charge in [0.15, 0.2) is 0 Å². The molecule has 1 rings (SSSR count). The lowest BCUT2D eigenvalue weighted by atomic mass is 10.2. The fraction of sp³-hybridized carbons (Fsp3) is 0.429. The van der Waals surface area contributed by atoms with Crippen LogP contribution in [0.15, 0.2) is 18.5 Å². The molecule has 1 aromatic heterocycles. The molecule has 0 radical (unpaired) electrons. The second-order valence-corrected chi connectivity index (χ2v) is 2.46. The summed E-state index contributed by atoms with van der Waals surface area (Å²) in [5, 5.41) is 8.54. The van der Waals surface area contributed by atoms with Gasteiger partial charge in [0.1, 0.15) is 0 Å². The molecule has 0 aliphatic heterocycles. The van der Waals surface area contributed by atoms with E-state index in [0.717, 1.165) is 5.56 Å². The summed E-state index contributed by atoms with van der Waals surface area (Å²) in [6.45, 7) is 1.90. The summed E-state index contributed by atoms with van der Waals surface area (Å²) in [5.74, 6) is 0. The number of nitrogens with zero attached hydrogens (tertiary/aromatic N) is 1. The fourth-order valence-electron chi connectivity index (χ4n) is 0.856. The van der Waals surface area contributed by atoms with Crippen LogP contribution in [0.4, 0.5) is 0 Å². The van der Waals surface area contributed by atoms with Crippen molar-refractivity contribution >= 4 is 0 Å². The van der Waals surface area contributed by atoms with Crippen LogP contribution in [-0.2, 0) is 7.05 Å². The molecular weight excluding hydrogens is 128 g/mol. The van der Waals surface area contributed by atoms with E-state index in [0.29, 0.717) is 0 Å². The number of nitrogens with one attached hydrogen (secondary N) is 1. The first-order chi connectivity index (χ1) is 4.74. The number of aryl methyl sites for hydroxylation is 1. The Kier molecular flexibility index (Phi) is 2.09. The van der Waals surface area contributed by atoms with Gasteiger partial charge in [-0.3, -0.25) is 0 Å². The summed E-state index contributed by atoms with van der Waals surface area (Å²) in [7, 11) is 1.95. The van der Waals surface area contributed by atoms with Gasteiger partial charge in [-0.1, -0.05) is 0 Å². The monoisotopic (exact) mass is 140 g/mol. The zero-order chi connectivity index (χ0) is 7.56. The first kappa shape index (κ1) is 7.31. The van der Waals surface area contributed by atoms with Crippen LogP contribution >= 0.6 is 0 Å². The average Bonchev–Trinajstić information content (AvgIpc) is 2.34. The van der Waals surface area contributed by atoms with Gasteiger partial charge in [-0.25, -0.2) is 0 Å². The Morgan fingerprint density at radius 1 is 1.70 bits per heavy atom. The molecule has 0 aromatic carbocycles. The van der Waals surface area contributed by atoms with Crippen molar-refractivity contribution in [2.75, 3.05) is 0 Å². The molecule has 3 nitrogen and oxygen atoms in total. The highest BCUT2D eigenvalue weighted by Crippen LogP contribution is 2.10. The highest BCUT2D eigenvalue weighted by molar-refractivity contribution is 5.13. The molecule has 0 saturated heterocycles. The van der Waals surface area contributed by atoms with Crippen molar-refractivity contribution in [2.24, 2.45) is 7.05 Å². The van der Waals surface area contributed by atoms with Crippen molar-refractivity contribution in [3.8, 4) is 0 Å². The van der Waals surface area contributed by atoms with Gasteiger partial charge in [0.2, 0.25) is 0 Å². The summed E-state index contributed by atoms with van der Waals surface area (Å²) in [6.07, 6.45) is 3.91. The molecule has 3 heteroatoms. The van der Waals surface area contributed by atoms with Gasteiger partial charge in [-0.15, -0.1) is 0 Å². The third-order valence-electron chi connectivity index (χ3n) is 1.55. The van der Waals surface area contributed by atoms with Crippen LogP contribution in [0.1, 0.15) is 18.5 Å². The van der Waals surface area contributed by atoms with Crippen LogP contribution in [0.25, 0.3) is 0 Å². The molecule has 0 amide bonds. The predicted octanol–water partition coefficient (Wildman–Crippen LogP) is 1.06. The number of rotatable bonds is 2. The summed E-state index contributed by atoms with van der Waals surface area (Å²) < 4.78 is 1.95. The van der Waals surface area contributed by atoms with Crippen molar-refractivity contribution in [3.05, 3.63) is 24.0 Å². The summed E-state index contributed by atoms with van der Waals surface area (Å²) in [6, 6.07) is 1.98. The zero-order valence-corrected chi connectivity index (χ0v) is 6.20. The Morgan fingerprint density at radius 2 is 2.40 bits per heavy atom. The van der Waals surface area contributed by atoms with Crippen molar-refractivity contribution < 1.29 is 5.21 Å². The second kappa shape index (κ2) is 2.86. The van der Waals surface area contributed by atoms with Crippen LogP contribution in [0.5, 0.6) is 0 Å². The van der Waals surface area contributed by atoms with Gasteiger partial charge < -0.3 is 9.77 Å². The van der Waals surface area contributed by atoms with Crippen molar-refractivity contribution in [2.45, 2.75) is 13.0 Å². The largest absolute Gasteiger partial charge is 0.357 e. The average molecular weight is 140 g/mol. The van der Waals surface area contributed by atoms with E-state index < -0.39 is 0 Å². The van der Waals surface area contributed by atoms with E-state index in [1.54, 1.807) is 0 Å². The Labute approximate surface area is 60.2 Å². The molecule has 0 spiro atoms. The zero-order valence-electron chi connectivity index (χ0n) is 6.20. The van der Waals surface area contributed by atoms with Gasteiger partial charge in [-0.2, -0.15) is 5.48 Å². The van der Waals surface area contributed by atoms with Crippen molar-refractivity contribution in [3.63, 3.8) is 0 Å². The van der Waals surface area contributed by atoms with Crippen LogP contribution in [0, 0.1) is 0 Å². The van der Waals surface area contributed by atoms with E-state index in [2.05, 4.69) is 5.48 Å². The normalized spacial score (nSPS) is 13.5. The molecule has 0 aliphatic rings. The van der Waals surface area contributed by atoms with E-state index in [1.807, 2.05) is 37.0 Å². The maximum atomic E-state index is 8.54. The lowest BCUT2D eigenvalue weighted by Gasteiger charge is -2.04. The van der Waals surface area contributed by atoms with E-state index in [-0.39, 0.29) is 6.04 Å². The SMILES string of the molecule is CC(NO)c1ccn(C)c1. The van der Waals surface area contributed by atoms with Gasteiger partial charge in [0.25, 0.3) is 0 Å². The maximum absolute atomic E-state index is 8.54. The smallest absolute Gasteiger partial charge is 0.0555 e. The number of aromatic nitrogens is 1. The highest BCUT2D eigenvalue weighted by Gasteiger charge is 2.02. The Hall–Kier alpha value is -0.800. The predicted molar refractivity (Wildman–Crippen MR) is 38.8 cm³/mol. The molecule has 1 heterocycles. The Bertz CT molecular complexity index is 207. The molecule has 1 unspecified atom stereocenters. The second-order valence-electron chi connectivity index (χ2n) is 2.46. The quantitative estimate of drug-likeness (QED) is 0.603. The minimum absolute atomic E-state index is 0.0150. The third kappa shape index (κ3) is 1.37. The Morgan fingerprint density at radius 3 is 2.80 bits per heavy atom. The molecule has 0 saturated carbocycles. The molecule has 56 valence electrons. The first-order valence-corrected chi connectivity index (χ1v) is 3.25. The van der Waals surface area contributed by atoms with Crippen molar-refractivity contribution in [1.82, 2.24) is 10.0 Å². The van der Waals surface area contributed by atoms with Crippen molar-refractivity contribution in [1.29, 1.82) is 0 Å². The summed E-state index contributed by atoms with van der Waals surface area (Å²) in [4.78, 5) is 0. The molecule has 0 fully saturated rings. The summed E-state index contributed by atoms with van der Waals surface area (Å²) >= 11 is 0. The first-order valence-electron chi connectivity index (χ1n) is 3.25. The molecular formula is C7H12N2O.